The fraction of sp³-hybridized carbons (Fsp3) is 0.0588. The van der Waals surface area contributed by atoms with Gasteiger partial charge in [0.15, 0.2) is 0 Å². The number of halogens is 4. The van der Waals surface area contributed by atoms with Gasteiger partial charge < -0.3 is 0 Å². The summed E-state index contributed by atoms with van der Waals surface area (Å²) in [6.07, 6.45) is 0. The number of aromatic nitrogens is 2. The van der Waals surface area contributed by atoms with E-state index in [1.165, 1.54) is 7.05 Å². The van der Waals surface area contributed by atoms with Crippen LogP contribution in [-0.2, 0) is 7.05 Å². The van der Waals surface area contributed by atoms with Crippen LogP contribution in [-0.4, -0.2) is 9.78 Å². The summed E-state index contributed by atoms with van der Waals surface area (Å²) in [4.78, 5) is 11.9. The second kappa shape index (κ2) is 5.92. The highest BCUT2D eigenvalue weighted by molar-refractivity contribution is 5.81. The third-order valence-corrected chi connectivity index (χ3v) is 3.52. The van der Waals surface area contributed by atoms with Gasteiger partial charge in [0.1, 0.15) is 29.0 Å². The maximum atomic E-state index is 14.1. The van der Waals surface area contributed by atoms with Crippen LogP contribution >= 0.6 is 0 Å². The molecule has 0 radical (unpaired) electrons. The van der Waals surface area contributed by atoms with Crippen molar-refractivity contribution < 1.29 is 17.6 Å². The summed E-state index contributed by atoms with van der Waals surface area (Å²) in [7, 11) is 1.27. The molecule has 0 aliphatic carbocycles. The van der Waals surface area contributed by atoms with E-state index in [9.17, 15) is 22.4 Å². The Morgan fingerprint density at radius 2 is 1.29 bits per heavy atom. The molecule has 2 aromatic carbocycles. The first-order valence-electron chi connectivity index (χ1n) is 6.87. The van der Waals surface area contributed by atoms with Crippen molar-refractivity contribution in [1.29, 1.82) is 0 Å². The lowest BCUT2D eigenvalue weighted by atomic mass is 9.98. The molecule has 1 aromatic heterocycles. The van der Waals surface area contributed by atoms with Crippen molar-refractivity contribution in [2.45, 2.75) is 0 Å². The third-order valence-electron chi connectivity index (χ3n) is 3.52. The molecular weight excluding hydrogens is 324 g/mol. The monoisotopic (exact) mass is 334 g/mol. The second-order valence-electron chi connectivity index (χ2n) is 5.06. The standard InChI is InChI=1S/C17H10F4N2O/c1-23-14(24)8-9(15-10(18)4-2-5-11(15)19)17(22-23)16-12(20)6-3-7-13(16)21/h2-8H,1H3. The molecule has 24 heavy (non-hydrogen) atoms. The van der Waals surface area contributed by atoms with Gasteiger partial charge in [-0.3, -0.25) is 4.79 Å². The highest BCUT2D eigenvalue weighted by atomic mass is 19.1. The van der Waals surface area contributed by atoms with Gasteiger partial charge in [0.25, 0.3) is 5.56 Å². The Kier molecular flexibility index (Phi) is 3.92. The van der Waals surface area contributed by atoms with Crippen LogP contribution < -0.4 is 5.56 Å². The third kappa shape index (κ3) is 2.58. The molecule has 0 fully saturated rings. The summed E-state index contributed by atoms with van der Waals surface area (Å²) < 4.78 is 57.3. The van der Waals surface area contributed by atoms with Gasteiger partial charge in [-0.25, -0.2) is 22.2 Å². The molecule has 0 spiro atoms. The van der Waals surface area contributed by atoms with Crippen molar-refractivity contribution >= 4 is 0 Å². The van der Waals surface area contributed by atoms with Gasteiger partial charge in [-0.15, -0.1) is 0 Å². The van der Waals surface area contributed by atoms with Crippen molar-refractivity contribution in [2.24, 2.45) is 7.05 Å². The van der Waals surface area contributed by atoms with Gasteiger partial charge in [-0.2, -0.15) is 5.10 Å². The maximum Gasteiger partial charge on any atom is 0.267 e. The van der Waals surface area contributed by atoms with E-state index in [-0.39, 0.29) is 11.3 Å². The van der Waals surface area contributed by atoms with Gasteiger partial charge in [-0.05, 0) is 24.3 Å². The number of nitrogens with zero attached hydrogens (tertiary/aromatic N) is 2. The van der Waals surface area contributed by atoms with E-state index in [4.69, 9.17) is 0 Å². The minimum atomic E-state index is -0.969. The highest BCUT2D eigenvalue weighted by Gasteiger charge is 2.22. The average molecular weight is 334 g/mol. The van der Waals surface area contributed by atoms with Crippen LogP contribution in [0, 0.1) is 23.3 Å². The number of benzene rings is 2. The molecule has 7 heteroatoms. The lowest BCUT2D eigenvalue weighted by Crippen LogP contribution is -2.20. The van der Waals surface area contributed by atoms with E-state index in [0.29, 0.717) is 0 Å². The van der Waals surface area contributed by atoms with E-state index in [2.05, 4.69) is 5.10 Å². The molecule has 0 unspecified atom stereocenters. The highest BCUT2D eigenvalue weighted by Crippen LogP contribution is 2.35. The Morgan fingerprint density at radius 3 is 1.79 bits per heavy atom. The summed E-state index contributed by atoms with van der Waals surface area (Å²) in [5, 5.41) is 3.81. The number of aryl methyl sites for hydroxylation is 1. The first-order chi connectivity index (χ1) is 11.4. The van der Waals surface area contributed by atoms with Crippen LogP contribution in [0.25, 0.3) is 22.4 Å². The van der Waals surface area contributed by atoms with E-state index < -0.39 is 40.0 Å². The molecule has 0 bridgehead atoms. The molecular formula is C17H10F4N2O. The smallest absolute Gasteiger partial charge is 0.267 e. The summed E-state index contributed by atoms with van der Waals surface area (Å²) in [6, 6.07) is 7.15. The summed E-state index contributed by atoms with van der Waals surface area (Å²) in [5.74, 6) is -3.86. The molecule has 3 rings (SSSR count). The Labute approximate surface area is 133 Å². The van der Waals surface area contributed by atoms with Crippen LogP contribution in [0.4, 0.5) is 17.6 Å². The van der Waals surface area contributed by atoms with E-state index >= 15 is 0 Å². The number of hydrogen-bond acceptors (Lipinski definition) is 2. The number of rotatable bonds is 2. The van der Waals surface area contributed by atoms with E-state index in [1.54, 1.807) is 0 Å². The van der Waals surface area contributed by atoms with Crippen molar-refractivity contribution in [1.82, 2.24) is 9.78 Å². The van der Waals surface area contributed by atoms with Gasteiger partial charge >= 0.3 is 0 Å². The predicted molar refractivity (Wildman–Crippen MR) is 80.2 cm³/mol. The summed E-state index contributed by atoms with van der Waals surface area (Å²) in [6.45, 7) is 0. The summed E-state index contributed by atoms with van der Waals surface area (Å²) >= 11 is 0. The molecule has 0 amide bonds. The molecule has 0 aliphatic rings. The fourth-order valence-electron chi connectivity index (χ4n) is 2.39. The Hall–Kier alpha value is -2.96. The zero-order valence-electron chi connectivity index (χ0n) is 12.4. The van der Waals surface area contributed by atoms with Crippen LogP contribution in [0.15, 0.2) is 47.3 Å². The maximum absolute atomic E-state index is 14.1. The van der Waals surface area contributed by atoms with Crippen LogP contribution in [0.1, 0.15) is 0 Å². The molecule has 3 aromatic rings. The largest absolute Gasteiger partial charge is 0.268 e. The van der Waals surface area contributed by atoms with Crippen LogP contribution in [0.2, 0.25) is 0 Å². The van der Waals surface area contributed by atoms with Gasteiger partial charge in [-0.1, -0.05) is 12.1 Å². The Morgan fingerprint density at radius 1 is 0.833 bits per heavy atom. The molecule has 0 saturated carbocycles. The Balaban J connectivity index is 2.44. The van der Waals surface area contributed by atoms with Crippen molar-refractivity contribution in [2.75, 3.05) is 0 Å². The lowest BCUT2D eigenvalue weighted by Gasteiger charge is -2.13. The van der Waals surface area contributed by atoms with Gasteiger partial charge in [0, 0.05) is 18.7 Å². The zero-order valence-corrected chi connectivity index (χ0v) is 12.4. The van der Waals surface area contributed by atoms with Crippen molar-refractivity contribution in [3.05, 3.63) is 76.1 Å². The first kappa shape index (κ1) is 15.9. The molecule has 0 atom stereocenters. The van der Waals surface area contributed by atoms with Crippen molar-refractivity contribution in [3.8, 4) is 22.4 Å². The quantitative estimate of drug-likeness (QED) is 0.670. The van der Waals surface area contributed by atoms with E-state index in [0.717, 1.165) is 47.1 Å². The minimum absolute atomic E-state index is 0.322. The van der Waals surface area contributed by atoms with Crippen LogP contribution in [0.5, 0.6) is 0 Å². The summed E-state index contributed by atoms with van der Waals surface area (Å²) in [5.41, 5.74) is -2.49. The zero-order chi connectivity index (χ0) is 17.4. The first-order valence-corrected chi connectivity index (χ1v) is 6.87. The molecule has 122 valence electrons. The number of hydrogen-bond donors (Lipinski definition) is 0. The Bertz CT molecular complexity index is 958. The predicted octanol–water partition coefficient (Wildman–Crippen LogP) is 3.67. The van der Waals surface area contributed by atoms with Gasteiger partial charge in [0.05, 0.1) is 11.1 Å². The topological polar surface area (TPSA) is 34.9 Å². The fourth-order valence-corrected chi connectivity index (χ4v) is 2.39. The lowest BCUT2D eigenvalue weighted by molar-refractivity contribution is 0.582. The molecule has 0 saturated heterocycles. The van der Waals surface area contributed by atoms with Gasteiger partial charge in [0.2, 0.25) is 0 Å². The SMILES string of the molecule is Cn1nc(-c2c(F)cccc2F)c(-c2c(F)cccc2F)cc1=O. The van der Waals surface area contributed by atoms with Crippen molar-refractivity contribution in [3.63, 3.8) is 0 Å². The van der Waals surface area contributed by atoms with Crippen LogP contribution in [0.3, 0.4) is 0 Å². The molecule has 1 heterocycles. The normalized spacial score (nSPS) is 10.9. The minimum Gasteiger partial charge on any atom is -0.268 e. The molecule has 0 N–H and O–H groups in total. The second-order valence-corrected chi connectivity index (χ2v) is 5.06. The average Bonchev–Trinajstić information content (AvgIpc) is 2.51. The van der Waals surface area contributed by atoms with E-state index in [1.807, 2.05) is 0 Å². The molecule has 0 aliphatic heterocycles. The molecule has 3 nitrogen and oxygen atoms in total.